The number of rotatable bonds is 8. The monoisotopic (exact) mass is 532 g/mol. The van der Waals surface area contributed by atoms with Gasteiger partial charge in [0.25, 0.3) is 0 Å². The van der Waals surface area contributed by atoms with Crippen LogP contribution in [0, 0.1) is 11.8 Å². The van der Waals surface area contributed by atoms with E-state index in [1.54, 1.807) is 6.26 Å². The summed E-state index contributed by atoms with van der Waals surface area (Å²) in [7, 11) is 0. The number of β-amino-alcohol motifs (C(OH)–C–C–N with tert-alkyl or cyclic N) is 1. The number of aliphatic hydroxyl groups is 1. The van der Waals surface area contributed by atoms with Crippen LogP contribution in [0.2, 0.25) is 0 Å². The highest BCUT2D eigenvalue weighted by Crippen LogP contribution is 2.44. The summed E-state index contributed by atoms with van der Waals surface area (Å²) in [4.78, 5) is 7.04. The Balaban J connectivity index is 0.00000256. The Morgan fingerprint density at radius 2 is 2.13 bits per heavy atom. The van der Waals surface area contributed by atoms with Crippen LogP contribution in [-0.2, 0) is 11.2 Å². The zero-order valence-corrected chi connectivity index (χ0v) is 20.3. The normalized spacial score (nSPS) is 28.7. The van der Waals surface area contributed by atoms with Gasteiger partial charge < -0.3 is 24.9 Å². The van der Waals surface area contributed by atoms with Crippen molar-refractivity contribution in [3.8, 4) is 0 Å². The van der Waals surface area contributed by atoms with Gasteiger partial charge in [-0.1, -0.05) is 6.42 Å². The minimum Gasteiger partial charge on any atom is -0.469 e. The van der Waals surface area contributed by atoms with E-state index in [1.165, 1.54) is 25.7 Å². The SMILES string of the molecule is CC(O)(CN=C(NCCc1ccco1)NC1CC2CCC1C2)CN1CCOCC1.I. The maximum Gasteiger partial charge on any atom is 0.191 e. The molecule has 4 atom stereocenters. The fourth-order valence-electron chi connectivity index (χ4n) is 5.05. The van der Waals surface area contributed by atoms with Crippen LogP contribution in [-0.4, -0.2) is 73.5 Å². The molecule has 1 saturated heterocycles. The summed E-state index contributed by atoms with van der Waals surface area (Å²) in [5.41, 5.74) is -0.859. The number of furan rings is 1. The fraction of sp³-hybridized carbons (Fsp3) is 0.773. The molecule has 0 spiro atoms. The molecule has 7 nitrogen and oxygen atoms in total. The lowest BCUT2D eigenvalue weighted by Crippen LogP contribution is -2.49. The molecule has 2 bridgehead atoms. The van der Waals surface area contributed by atoms with E-state index in [1.807, 2.05) is 19.1 Å². The third-order valence-electron chi connectivity index (χ3n) is 6.55. The first-order valence-corrected chi connectivity index (χ1v) is 11.2. The standard InChI is InChI=1S/C22H36N4O3.HI/c1-22(27,16-26-8-11-28-12-9-26)15-24-21(23-7-6-19-3-2-10-29-19)25-20-14-17-4-5-18(20)13-17;/h2-3,10,17-18,20,27H,4-9,11-16H2,1H3,(H2,23,24,25);1H. The summed E-state index contributed by atoms with van der Waals surface area (Å²) in [5, 5.41) is 18.0. The van der Waals surface area contributed by atoms with Gasteiger partial charge >= 0.3 is 0 Å². The molecular formula is C22H37IN4O3. The first kappa shape index (κ1) is 23.8. The van der Waals surface area contributed by atoms with Crippen molar-refractivity contribution in [2.75, 3.05) is 45.9 Å². The topological polar surface area (TPSA) is 82.3 Å². The Morgan fingerprint density at radius 1 is 1.30 bits per heavy atom. The first-order chi connectivity index (χ1) is 14.1. The average molecular weight is 532 g/mol. The van der Waals surface area contributed by atoms with E-state index < -0.39 is 5.60 Å². The first-order valence-electron chi connectivity index (χ1n) is 11.2. The van der Waals surface area contributed by atoms with E-state index in [0.717, 1.165) is 62.8 Å². The van der Waals surface area contributed by atoms with E-state index >= 15 is 0 Å². The number of guanidine groups is 1. The number of nitrogens with zero attached hydrogens (tertiary/aromatic N) is 2. The summed E-state index contributed by atoms with van der Waals surface area (Å²) in [6.45, 7) is 6.86. The minimum atomic E-state index is -0.859. The van der Waals surface area contributed by atoms with Gasteiger partial charge in [-0.05, 0) is 50.2 Å². The van der Waals surface area contributed by atoms with Crippen molar-refractivity contribution in [2.45, 2.75) is 50.7 Å². The van der Waals surface area contributed by atoms with Crippen molar-refractivity contribution in [1.29, 1.82) is 0 Å². The summed E-state index contributed by atoms with van der Waals surface area (Å²) in [5.74, 6) is 3.43. The van der Waals surface area contributed by atoms with Crippen LogP contribution in [0.1, 0.15) is 38.4 Å². The Bertz CT molecular complexity index is 661. The molecule has 2 heterocycles. The predicted molar refractivity (Wildman–Crippen MR) is 128 cm³/mol. The highest BCUT2D eigenvalue weighted by molar-refractivity contribution is 14.0. The van der Waals surface area contributed by atoms with E-state index in [9.17, 15) is 5.11 Å². The van der Waals surface area contributed by atoms with Crippen molar-refractivity contribution >= 4 is 29.9 Å². The van der Waals surface area contributed by atoms with Crippen LogP contribution in [0.5, 0.6) is 0 Å². The highest BCUT2D eigenvalue weighted by atomic mass is 127. The molecule has 1 aromatic heterocycles. The number of ether oxygens (including phenoxy) is 1. The highest BCUT2D eigenvalue weighted by Gasteiger charge is 2.39. The van der Waals surface area contributed by atoms with Crippen LogP contribution in [0.25, 0.3) is 0 Å². The van der Waals surface area contributed by atoms with E-state index in [4.69, 9.17) is 14.1 Å². The van der Waals surface area contributed by atoms with Gasteiger partial charge in [-0.2, -0.15) is 0 Å². The van der Waals surface area contributed by atoms with Crippen molar-refractivity contribution in [2.24, 2.45) is 16.8 Å². The molecule has 8 heteroatoms. The van der Waals surface area contributed by atoms with E-state index in [-0.39, 0.29) is 24.0 Å². The molecule has 3 fully saturated rings. The maximum atomic E-state index is 10.9. The maximum absolute atomic E-state index is 10.9. The van der Waals surface area contributed by atoms with Crippen LogP contribution in [0.3, 0.4) is 0 Å². The van der Waals surface area contributed by atoms with Crippen LogP contribution < -0.4 is 10.6 Å². The van der Waals surface area contributed by atoms with Gasteiger partial charge in [-0.25, -0.2) is 0 Å². The lowest BCUT2D eigenvalue weighted by atomic mass is 9.95. The number of hydrogen-bond donors (Lipinski definition) is 3. The van der Waals surface area contributed by atoms with Gasteiger partial charge in [0.1, 0.15) is 5.76 Å². The Labute approximate surface area is 197 Å². The molecule has 4 rings (SSSR count). The molecule has 30 heavy (non-hydrogen) atoms. The molecule has 1 aliphatic heterocycles. The van der Waals surface area contributed by atoms with Gasteiger partial charge in [-0.3, -0.25) is 9.89 Å². The summed E-state index contributed by atoms with van der Waals surface area (Å²) in [6, 6.07) is 4.42. The van der Waals surface area contributed by atoms with E-state index in [2.05, 4.69) is 15.5 Å². The Kier molecular flexibility index (Phi) is 8.85. The third kappa shape index (κ3) is 6.83. The van der Waals surface area contributed by atoms with Gasteiger partial charge in [0.2, 0.25) is 0 Å². The second-order valence-corrected chi connectivity index (χ2v) is 9.23. The summed E-state index contributed by atoms with van der Waals surface area (Å²) < 4.78 is 10.8. The van der Waals surface area contributed by atoms with Crippen LogP contribution in [0.15, 0.2) is 27.8 Å². The van der Waals surface area contributed by atoms with Gasteiger partial charge in [-0.15, -0.1) is 24.0 Å². The minimum absolute atomic E-state index is 0. The lowest BCUT2D eigenvalue weighted by molar-refractivity contribution is -0.0180. The molecular weight excluding hydrogens is 495 g/mol. The number of halogens is 1. The molecule has 3 N–H and O–H groups in total. The zero-order chi connectivity index (χ0) is 20.1. The Hall–Kier alpha value is -0.840. The molecule has 0 aromatic carbocycles. The smallest absolute Gasteiger partial charge is 0.191 e. The molecule has 2 saturated carbocycles. The fourth-order valence-corrected chi connectivity index (χ4v) is 5.05. The van der Waals surface area contributed by atoms with E-state index in [0.29, 0.717) is 19.1 Å². The predicted octanol–water partition coefficient (Wildman–Crippen LogP) is 2.25. The molecule has 2 aliphatic carbocycles. The summed E-state index contributed by atoms with van der Waals surface area (Å²) in [6.07, 6.45) is 7.83. The number of nitrogens with one attached hydrogen (secondary N) is 2. The summed E-state index contributed by atoms with van der Waals surface area (Å²) >= 11 is 0. The Morgan fingerprint density at radius 3 is 2.80 bits per heavy atom. The van der Waals surface area contributed by atoms with Crippen molar-refractivity contribution in [3.63, 3.8) is 0 Å². The number of morpholine rings is 1. The number of hydrogen-bond acceptors (Lipinski definition) is 5. The molecule has 4 unspecified atom stereocenters. The second-order valence-electron chi connectivity index (χ2n) is 9.23. The number of aliphatic imine (C=N–C) groups is 1. The lowest BCUT2D eigenvalue weighted by Gasteiger charge is -2.33. The van der Waals surface area contributed by atoms with Gasteiger partial charge in [0.05, 0.1) is 31.6 Å². The molecule has 0 amide bonds. The zero-order valence-electron chi connectivity index (χ0n) is 18.0. The molecule has 3 aliphatic rings. The van der Waals surface area contributed by atoms with Gasteiger partial charge in [0, 0.05) is 38.6 Å². The van der Waals surface area contributed by atoms with Crippen molar-refractivity contribution in [3.05, 3.63) is 24.2 Å². The van der Waals surface area contributed by atoms with Crippen LogP contribution >= 0.6 is 24.0 Å². The second kappa shape index (κ2) is 11.2. The largest absolute Gasteiger partial charge is 0.469 e. The average Bonchev–Trinajstić information content (AvgIpc) is 3.45. The molecule has 1 aromatic rings. The third-order valence-corrected chi connectivity index (χ3v) is 6.55. The molecule has 170 valence electrons. The van der Waals surface area contributed by atoms with Crippen molar-refractivity contribution < 1.29 is 14.3 Å². The van der Waals surface area contributed by atoms with Gasteiger partial charge in [0.15, 0.2) is 5.96 Å². The van der Waals surface area contributed by atoms with Crippen LogP contribution in [0.4, 0.5) is 0 Å². The van der Waals surface area contributed by atoms with Crippen molar-refractivity contribution in [1.82, 2.24) is 15.5 Å². The number of fused-ring (bicyclic) bond motifs is 2. The quantitative estimate of drug-likeness (QED) is 0.271. The molecule has 0 radical (unpaired) electrons.